The number of aryl methyl sites for hydroxylation is 1. The SMILES string of the molecule is Cn1c(=O)n(C2CCC(=O)NC2=O)c2ccc(N3CCC(CN4CCN(C5CC(C)(NC(=O)O)C5)CC4)CC3)c(F)c21. The van der Waals surface area contributed by atoms with Crippen molar-refractivity contribution in [2.24, 2.45) is 13.0 Å². The number of piperazine rings is 1. The van der Waals surface area contributed by atoms with E-state index in [1.54, 1.807) is 12.1 Å². The van der Waals surface area contributed by atoms with Gasteiger partial charge in [0.2, 0.25) is 11.8 Å². The van der Waals surface area contributed by atoms with Crippen LogP contribution in [0.5, 0.6) is 0 Å². The molecule has 1 saturated carbocycles. The molecule has 13 heteroatoms. The van der Waals surface area contributed by atoms with Crippen LogP contribution in [0.25, 0.3) is 11.0 Å². The molecule has 0 spiro atoms. The largest absolute Gasteiger partial charge is 0.465 e. The molecule has 1 unspecified atom stereocenters. The highest BCUT2D eigenvalue weighted by Gasteiger charge is 2.44. The second-order valence-corrected chi connectivity index (χ2v) is 12.8. The molecule has 1 aromatic carbocycles. The molecule has 3 aliphatic heterocycles. The fourth-order valence-electron chi connectivity index (χ4n) is 7.52. The zero-order chi connectivity index (χ0) is 29.8. The van der Waals surface area contributed by atoms with Gasteiger partial charge in [0.25, 0.3) is 0 Å². The Hall–Kier alpha value is -3.45. The van der Waals surface area contributed by atoms with Gasteiger partial charge in [-0.1, -0.05) is 0 Å². The lowest BCUT2D eigenvalue weighted by Crippen LogP contribution is -2.64. The second kappa shape index (κ2) is 11.0. The maximum Gasteiger partial charge on any atom is 0.405 e. The number of hydrogen-bond donors (Lipinski definition) is 3. The molecular weight excluding hydrogens is 545 g/mol. The van der Waals surface area contributed by atoms with E-state index in [1.165, 1.54) is 16.2 Å². The molecule has 3 N–H and O–H groups in total. The molecule has 3 amide bonds. The first-order valence-electron chi connectivity index (χ1n) is 15.0. The lowest BCUT2D eigenvalue weighted by molar-refractivity contribution is -0.135. The number of amides is 3. The quantitative estimate of drug-likeness (QED) is 0.435. The summed E-state index contributed by atoms with van der Waals surface area (Å²) in [4.78, 5) is 55.2. The van der Waals surface area contributed by atoms with E-state index >= 15 is 4.39 Å². The number of halogens is 1. The molecule has 3 saturated heterocycles. The Bertz CT molecular complexity index is 1450. The Morgan fingerprint density at radius 2 is 1.76 bits per heavy atom. The van der Waals surface area contributed by atoms with E-state index in [4.69, 9.17) is 5.11 Å². The van der Waals surface area contributed by atoms with Gasteiger partial charge in [-0.25, -0.2) is 14.0 Å². The van der Waals surface area contributed by atoms with Crippen LogP contribution in [0.2, 0.25) is 0 Å². The molecule has 4 fully saturated rings. The summed E-state index contributed by atoms with van der Waals surface area (Å²) in [7, 11) is 1.52. The summed E-state index contributed by atoms with van der Waals surface area (Å²) in [6, 6.07) is 3.02. The number of nitrogens with one attached hydrogen (secondary N) is 2. The molecule has 1 atom stereocenters. The summed E-state index contributed by atoms with van der Waals surface area (Å²) in [5.74, 6) is -0.826. The molecule has 228 valence electrons. The van der Waals surface area contributed by atoms with E-state index < -0.39 is 29.5 Å². The van der Waals surface area contributed by atoms with E-state index in [1.807, 2.05) is 6.92 Å². The third kappa shape index (κ3) is 5.28. The third-order valence-corrected chi connectivity index (χ3v) is 9.86. The number of carboxylic acid groups (broad SMARTS) is 1. The zero-order valence-electron chi connectivity index (χ0n) is 24.3. The summed E-state index contributed by atoms with van der Waals surface area (Å²) in [5.41, 5.74) is 0.218. The number of nitrogens with zero attached hydrogens (tertiary/aromatic N) is 5. The van der Waals surface area contributed by atoms with Crippen molar-refractivity contribution < 1.29 is 23.9 Å². The number of anilines is 1. The third-order valence-electron chi connectivity index (χ3n) is 9.86. The smallest absolute Gasteiger partial charge is 0.405 e. The minimum Gasteiger partial charge on any atom is -0.465 e. The van der Waals surface area contributed by atoms with Gasteiger partial charge in [0.05, 0.1) is 11.2 Å². The molecule has 12 nitrogen and oxygen atoms in total. The van der Waals surface area contributed by atoms with Gasteiger partial charge in [-0.15, -0.1) is 0 Å². The highest BCUT2D eigenvalue weighted by Crippen LogP contribution is 2.36. The van der Waals surface area contributed by atoms with Crippen LogP contribution in [0.4, 0.5) is 14.9 Å². The Balaban J connectivity index is 1.04. The first kappa shape index (κ1) is 28.7. The molecule has 6 rings (SSSR count). The number of benzene rings is 1. The van der Waals surface area contributed by atoms with Crippen molar-refractivity contribution in [1.29, 1.82) is 0 Å². The van der Waals surface area contributed by atoms with Crippen LogP contribution in [0.1, 0.15) is 51.5 Å². The summed E-state index contributed by atoms with van der Waals surface area (Å²) in [6.45, 7) is 8.45. The lowest BCUT2D eigenvalue weighted by Gasteiger charge is -2.52. The summed E-state index contributed by atoms with van der Waals surface area (Å²) in [5, 5.41) is 14.0. The lowest BCUT2D eigenvalue weighted by atomic mass is 9.73. The molecule has 1 aromatic heterocycles. The maximum absolute atomic E-state index is 15.9. The average molecular weight is 586 g/mol. The van der Waals surface area contributed by atoms with Crippen LogP contribution >= 0.6 is 0 Å². The molecular formula is C29H40FN7O5. The van der Waals surface area contributed by atoms with Gasteiger partial charge >= 0.3 is 11.8 Å². The topological polar surface area (TPSA) is 132 Å². The molecule has 4 heterocycles. The fourth-order valence-corrected chi connectivity index (χ4v) is 7.52. The van der Waals surface area contributed by atoms with Crippen LogP contribution in [0, 0.1) is 11.7 Å². The van der Waals surface area contributed by atoms with Gasteiger partial charge in [0, 0.05) is 70.9 Å². The molecule has 42 heavy (non-hydrogen) atoms. The predicted molar refractivity (Wildman–Crippen MR) is 154 cm³/mol. The van der Waals surface area contributed by atoms with E-state index in [2.05, 4.69) is 25.3 Å². The second-order valence-electron chi connectivity index (χ2n) is 12.8. The molecule has 2 aromatic rings. The molecule has 1 aliphatic carbocycles. The maximum atomic E-state index is 15.9. The minimum atomic E-state index is -0.954. The minimum absolute atomic E-state index is 0.136. The Morgan fingerprint density at radius 3 is 2.40 bits per heavy atom. The predicted octanol–water partition coefficient (Wildman–Crippen LogP) is 1.48. The number of fused-ring (bicyclic) bond motifs is 1. The molecule has 0 radical (unpaired) electrons. The van der Waals surface area contributed by atoms with E-state index in [0.29, 0.717) is 23.2 Å². The van der Waals surface area contributed by atoms with Gasteiger partial charge < -0.3 is 20.2 Å². The number of carbonyl (C=O) groups excluding carboxylic acids is 2. The highest BCUT2D eigenvalue weighted by atomic mass is 19.1. The van der Waals surface area contributed by atoms with Gasteiger partial charge in [0.15, 0.2) is 5.82 Å². The number of imidazole rings is 1. The number of piperidine rings is 2. The van der Waals surface area contributed by atoms with Crippen LogP contribution in [0.3, 0.4) is 0 Å². The fraction of sp³-hybridized carbons (Fsp3) is 0.655. The van der Waals surface area contributed by atoms with Gasteiger partial charge in [-0.05, 0) is 57.1 Å². The first-order valence-corrected chi connectivity index (χ1v) is 15.0. The first-order chi connectivity index (χ1) is 20.0. The Kier molecular flexibility index (Phi) is 7.50. The average Bonchev–Trinajstić information content (AvgIpc) is 3.18. The van der Waals surface area contributed by atoms with Crippen molar-refractivity contribution in [2.45, 2.75) is 63.1 Å². The summed E-state index contributed by atoms with van der Waals surface area (Å²) in [6.07, 6.45) is 3.01. The number of imide groups is 1. The van der Waals surface area contributed by atoms with E-state index in [-0.39, 0.29) is 29.8 Å². The Labute approximate surface area is 243 Å². The van der Waals surface area contributed by atoms with Crippen molar-refractivity contribution in [2.75, 3.05) is 50.7 Å². The van der Waals surface area contributed by atoms with Crippen molar-refractivity contribution >= 4 is 34.6 Å². The van der Waals surface area contributed by atoms with Gasteiger partial charge in [0.1, 0.15) is 11.6 Å². The van der Waals surface area contributed by atoms with Crippen molar-refractivity contribution in [3.63, 3.8) is 0 Å². The normalized spacial score (nSPS) is 28.1. The number of aromatic nitrogens is 2. The standard InChI is InChI=1S/C29H40FN7O5/c1-29(32-27(40)41)15-19(16-29)35-13-11-34(12-14-35)17-18-7-9-36(10-8-18)20-3-4-21-25(24(20)30)33(2)28(42)37(21)22-5-6-23(38)31-26(22)39/h3-4,18-19,22,32H,5-17H2,1-2H3,(H,40,41)(H,31,38,39). The van der Waals surface area contributed by atoms with Crippen molar-refractivity contribution in [1.82, 2.24) is 29.6 Å². The molecule has 0 bridgehead atoms. The number of hydrogen-bond acceptors (Lipinski definition) is 7. The van der Waals surface area contributed by atoms with E-state index in [9.17, 15) is 19.2 Å². The number of rotatable bonds is 6. The van der Waals surface area contributed by atoms with Crippen molar-refractivity contribution in [3.8, 4) is 0 Å². The van der Waals surface area contributed by atoms with Crippen molar-refractivity contribution in [3.05, 3.63) is 28.4 Å². The van der Waals surface area contributed by atoms with Crippen LogP contribution in [-0.4, -0.2) is 99.3 Å². The zero-order valence-corrected chi connectivity index (χ0v) is 24.3. The van der Waals surface area contributed by atoms with Crippen LogP contribution in [0.15, 0.2) is 16.9 Å². The molecule has 4 aliphatic rings. The number of carbonyl (C=O) groups is 3. The highest BCUT2D eigenvalue weighted by molar-refractivity contribution is 6.00. The van der Waals surface area contributed by atoms with Crippen LogP contribution < -0.4 is 21.2 Å². The summed E-state index contributed by atoms with van der Waals surface area (Å²) < 4.78 is 18.5. The van der Waals surface area contributed by atoms with Gasteiger partial charge in [-0.2, -0.15) is 0 Å². The van der Waals surface area contributed by atoms with Gasteiger partial charge in [-0.3, -0.25) is 28.9 Å². The Morgan fingerprint density at radius 1 is 1.07 bits per heavy atom. The van der Waals surface area contributed by atoms with Crippen LogP contribution in [-0.2, 0) is 16.6 Å². The van der Waals surface area contributed by atoms with E-state index in [0.717, 1.165) is 71.5 Å². The monoisotopic (exact) mass is 585 g/mol. The summed E-state index contributed by atoms with van der Waals surface area (Å²) >= 11 is 0.